The van der Waals surface area contributed by atoms with Gasteiger partial charge in [0, 0.05) is 18.2 Å². The van der Waals surface area contributed by atoms with Gasteiger partial charge in [-0.3, -0.25) is 14.5 Å². The number of rotatable bonds is 7. The third-order valence-electron chi connectivity index (χ3n) is 3.46. The first-order valence-corrected chi connectivity index (χ1v) is 7.21. The summed E-state index contributed by atoms with van der Waals surface area (Å²) in [5, 5.41) is 11.2. The Kier molecular flexibility index (Phi) is 6.37. The van der Waals surface area contributed by atoms with Gasteiger partial charge in [0.15, 0.2) is 0 Å². The Bertz CT molecular complexity index is 483. The van der Waals surface area contributed by atoms with Crippen LogP contribution in [0.4, 0.5) is 0 Å². The van der Waals surface area contributed by atoms with Crippen LogP contribution < -0.4 is 5.32 Å². The van der Waals surface area contributed by atoms with Gasteiger partial charge in [0.25, 0.3) is 5.91 Å². The quantitative estimate of drug-likeness (QED) is 0.807. The van der Waals surface area contributed by atoms with Crippen molar-refractivity contribution in [3.05, 3.63) is 35.4 Å². The molecule has 0 bridgehead atoms. The SMILES string of the molecule is CCN(Cc1ccc(C(=O)N[C@H](C)C(=O)O)cc1)C(C)C. The van der Waals surface area contributed by atoms with E-state index >= 15 is 0 Å². The van der Waals surface area contributed by atoms with Crippen molar-refractivity contribution in [3.8, 4) is 0 Å². The lowest BCUT2D eigenvalue weighted by molar-refractivity contribution is -0.138. The molecule has 0 aliphatic rings. The van der Waals surface area contributed by atoms with Crippen molar-refractivity contribution in [3.63, 3.8) is 0 Å². The number of hydrogen-bond donors (Lipinski definition) is 2. The van der Waals surface area contributed by atoms with Gasteiger partial charge in [-0.25, -0.2) is 0 Å². The zero-order chi connectivity index (χ0) is 16.0. The molecule has 5 nitrogen and oxygen atoms in total. The van der Waals surface area contributed by atoms with E-state index < -0.39 is 12.0 Å². The summed E-state index contributed by atoms with van der Waals surface area (Å²) in [5.41, 5.74) is 1.60. The third kappa shape index (κ3) is 5.19. The summed E-state index contributed by atoms with van der Waals surface area (Å²) in [4.78, 5) is 24.9. The molecule has 0 saturated carbocycles. The monoisotopic (exact) mass is 292 g/mol. The Morgan fingerprint density at radius 3 is 2.19 bits per heavy atom. The summed E-state index contributed by atoms with van der Waals surface area (Å²) < 4.78 is 0. The van der Waals surface area contributed by atoms with E-state index in [1.54, 1.807) is 12.1 Å². The second kappa shape index (κ2) is 7.78. The molecule has 0 aliphatic carbocycles. The molecule has 21 heavy (non-hydrogen) atoms. The highest BCUT2D eigenvalue weighted by molar-refractivity contribution is 5.96. The first-order valence-electron chi connectivity index (χ1n) is 7.21. The van der Waals surface area contributed by atoms with E-state index in [0.29, 0.717) is 11.6 Å². The highest BCUT2D eigenvalue weighted by Gasteiger charge is 2.15. The predicted octanol–water partition coefficient (Wildman–Crippen LogP) is 2.12. The number of carbonyl (C=O) groups excluding carboxylic acids is 1. The molecular weight excluding hydrogens is 268 g/mol. The number of carboxylic acids is 1. The van der Waals surface area contributed by atoms with Crippen molar-refractivity contribution in [2.45, 2.75) is 46.3 Å². The van der Waals surface area contributed by atoms with Crippen molar-refractivity contribution < 1.29 is 14.7 Å². The summed E-state index contributed by atoms with van der Waals surface area (Å²) in [5.74, 6) is -1.41. The van der Waals surface area contributed by atoms with E-state index in [-0.39, 0.29) is 5.91 Å². The van der Waals surface area contributed by atoms with E-state index in [2.05, 4.69) is 31.0 Å². The van der Waals surface area contributed by atoms with Crippen LogP contribution in [0.1, 0.15) is 43.6 Å². The second-order valence-corrected chi connectivity index (χ2v) is 5.39. The molecule has 5 heteroatoms. The summed E-state index contributed by atoms with van der Waals surface area (Å²) in [6.07, 6.45) is 0. The molecule has 1 aromatic carbocycles. The number of aliphatic carboxylic acids is 1. The Morgan fingerprint density at radius 1 is 1.19 bits per heavy atom. The van der Waals surface area contributed by atoms with Gasteiger partial charge in [-0.05, 0) is 45.0 Å². The smallest absolute Gasteiger partial charge is 0.325 e. The Morgan fingerprint density at radius 2 is 1.76 bits per heavy atom. The molecule has 0 fully saturated rings. The lowest BCUT2D eigenvalue weighted by atomic mass is 10.1. The van der Waals surface area contributed by atoms with Gasteiger partial charge in [0.2, 0.25) is 0 Å². The van der Waals surface area contributed by atoms with Crippen LogP contribution in [0.15, 0.2) is 24.3 Å². The third-order valence-corrected chi connectivity index (χ3v) is 3.46. The Hall–Kier alpha value is -1.88. The predicted molar refractivity (Wildman–Crippen MR) is 82.2 cm³/mol. The molecule has 0 spiro atoms. The minimum absolute atomic E-state index is 0.368. The zero-order valence-electron chi connectivity index (χ0n) is 13.1. The number of nitrogens with zero attached hydrogens (tertiary/aromatic N) is 1. The van der Waals surface area contributed by atoms with Crippen LogP contribution in [0, 0.1) is 0 Å². The van der Waals surface area contributed by atoms with Crippen molar-refractivity contribution in [2.24, 2.45) is 0 Å². The largest absolute Gasteiger partial charge is 0.480 e. The molecule has 116 valence electrons. The van der Waals surface area contributed by atoms with Crippen molar-refractivity contribution in [1.29, 1.82) is 0 Å². The molecule has 1 rings (SSSR count). The number of nitrogens with one attached hydrogen (secondary N) is 1. The molecule has 1 atom stereocenters. The Labute approximate surface area is 126 Å². The fourth-order valence-electron chi connectivity index (χ4n) is 2.00. The second-order valence-electron chi connectivity index (χ2n) is 5.39. The molecule has 0 saturated heterocycles. The minimum Gasteiger partial charge on any atom is -0.480 e. The van der Waals surface area contributed by atoms with Crippen LogP contribution in [-0.4, -0.2) is 40.5 Å². The van der Waals surface area contributed by atoms with Gasteiger partial charge >= 0.3 is 5.97 Å². The molecule has 0 heterocycles. The maximum atomic E-state index is 11.9. The van der Waals surface area contributed by atoms with Gasteiger partial charge in [-0.15, -0.1) is 0 Å². The van der Waals surface area contributed by atoms with Gasteiger partial charge in [0.05, 0.1) is 0 Å². The number of hydrogen-bond acceptors (Lipinski definition) is 3. The number of carboxylic acid groups (broad SMARTS) is 1. The zero-order valence-corrected chi connectivity index (χ0v) is 13.1. The lowest BCUT2D eigenvalue weighted by Crippen LogP contribution is -2.38. The van der Waals surface area contributed by atoms with Crippen LogP contribution in [0.25, 0.3) is 0 Å². The highest BCUT2D eigenvalue weighted by Crippen LogP contribution is 2.10. The van der Waals surface area contributed by atoms with Gasteiger partial charge in [0.1, 0.15) is 6.04 Å². The molecule has 1 amide bonds. The van der Waals surface area contributed by atoms with E-state index in [0.717, 1.165) is 18.7 Å². The van der Waals surface area contributed by atoms with E-state index in [1.807, 2.05) is 12.1 Å². The van der Waals surface area contributed by atoms with Crippen LogP contribution in [0.3, 0.4) is 0 Å². The van der Waals surface area contributed by atoms with Crippen LogP contribution in [-0.2, 0) is 11.3 Å². The van der Waals surface area contributed by atoms with Crippen LogP contribution >= 0.6 is 0 Å². The van der Waals surface area contributed by atoms with E-state index in [9.17, 15) is 9.59 Å². The van der Waals surface area contributed by atoms with Gasteiger partial charge in [-0.1, -0.05) is 19.1 Å². The summed E-state index contributed by atoms with van der Waals surface area (Å²) in [7, 11) is 0. The summed E-state index contributed by atoms with van der Waals surface area (Å²) in [6.45, 7) is 9.67. The lowest BCUT2D eigenvalue weighted by Gasteiger charge is -2.24. The highest BCUT2D eigenvalue weighted by atomic mass is 16.4. The average molecular weight is 292 g/mol. The van der Waals surface area contributed by atoms with Crippen LogP contribution in [0.2, 0.25) is 0 Å². The molecule has 1 aromatic rings. The van der Waals surface area contributed by atoms with Crippen LogP contribution in [0.5, 0.6) is 0 Å². The fraction of sp³-hybridized carbons (Fsp3) is 0.500. The summed E-state index contributed by atoms with van der Waals surface area (Å²) in [6, 6.07) is 6.85. The van der Waals surface area contributed by atoms with E-state index in [4.69, 9.17) is 5.11 Å². The standard InChI is InChI=1S/C16H24N2O3/c1-5-18(11(2)3)10-13-6-8-14(9-7-13)15(19)17-12(4)16(20)21/h6-9,11-12H,5,10H2,1-4H3,(H,17,19)(H,20,21)/t12-/m1/s1. The van der Waals surface area contributed by atoms with Crippen molar-refractivity contribution >= 4 is 11.9 Å². The Balaban J connectivity index is 2.69. The maximum absolute atomic E-state index is 11.9. The number of amides is 1. The first-order chi connectivity index (χ1) is 9.85. The fourth-order valence-corrected chi connectivity index (χ4v) is 2.00. The van der Waals surface area contributed by atoms with Crippen molar-refractivity contribution in [2.75, 3.05) is 6.54 Å². The molecule has 0 unspecified atom stereocenters. The first kappa shape index (κ1) is 17.2. The van der Waals surface area contributed by atoms with Crippen molar-refractivity contribution in [1.82, 2.24) is 10.2 Å². The van der Waals surface area contributed by atoms with Gasteiger partial charge in [-0.2, -0.15) is 0 Å². The minimum atomic E-state index is -1.05. The van der Waals surface area contributed by atoms with E-state index in [1.165, 1.54) is 6.92 Å². The molecule has 0 aromatic heterocycles. The maximum Gasteiger partial charge on any atom is 0.325 e. The number of carbonyl (C=O) groups is 2. The summed E-state index contributed by atoms with van der Waals surface area (Å²) >= 11 is 0. The number of benzene rings is 1. The average Bonchev–Trinajstić information content (AvgIpc) is 2.44. The van der Waals surface area contributed by atoms with Gasteiger partial charge < -0.3 is 10.4 Å². The molecule has 2 N–H and O–H groups in total. The molecule has 0 aliphatic heterocycles. The topological polar surface area (TPSA) is 69.6 Å². The normalized spacial score (nSPS) is 12.5. The molecule has 0 radical (unpaired) electrons. The molecular formula is C16H24N2O3.